The number of allylic oxidation sites excluding steroid dienone is 1. The number of rotatable bonds is 5. The molecule has 1 unspecified atom stereocenters. The molecule has 2 N–H and O–H groups in total. The van der Waals surface area contributed by atoms with Crippen LogP contribution >= 0.6 is 12.2 Å². The number of hydrogen-bond donors (Lipinski definition) is 2. The lowest BCUT2D eigenvalue weighted by molar-refractivity contribution is -0.136. The Balaban J connectivity index is 2.12. The molecule has 0 spiro atoms. The molecule has 0 radical (unpaired) electrons. The smallest absolute Gasteiger partial charge is 0.337 e. The van der Waals surface area contributed by atoms with Crippen molar-refractivity contribution in [1.82, 2.24) is 5.32 Å². The van der Waals surface area contributed by atoms with Gasteiger partial charge in [-0.3, -0.25) is 4.90 Å². The molecule has 2 aromatic carbocycles. The Kier molecular flexibility index (Phi) is 6.08. The summed E-state index contributed by atoms with van der Waals surface area (Å²) in [4.78, 5) is 14.5. The van der Waals surface area contributed by atoms with Crippen LogP contribution in [0.3, 0.4) is 0 Å². The number of nitrogens with zero attached hydrogens (tertiary/aromatic N) is 1. The first-order valence-electron chi connectivity index (χ1n) is 9.29. The highest BCUT2D eigenvalue weighted by atomic mass is 32.1. The molecule has 7 heteroatoms. The molecule has 0 saturated heterocycles. The standard InChI is InChI=1S/C22H24N2O4S/c1-5-28-18-12-15(8-11-17(18)25)20-19(21(26)27-4)14(3)24(22(29)23-20)16-9-6-13(2)7-10-16/h6-12,20,25H,5H2,1-4H3,(H,23,29). The number of phenolic OH excluding ortho intramolecular Hbond substituents is 1. The summed E-state index contributed by atoms with van der Waals surface area (Å²) in [6, 6.07) is 12.3. The van der Waals surface area contributed by atoms with Crippen molar-refractivity contribution in [2.24, 2.45) is 0 Å². The average Bonchev–Trinajstić information content (AvgIpc) is 2.70. The second kappa shape index (κ2) is 8.53. The van der Waals surface area contributed by atoms with Crippen LogP contribution in [0.4, 0.5) is 5.69 Å². The lowest BCUT2D eigenvalue weighted by atomic mass is 9.94. The van der Waals surface area contributed by atoms with Gasteiger partial charge in [0.25, 0.3) is 0 Å². The Morgan fingerprint density at radius 2 is 1.90 bits per heavy atom. The zero-order valence-corrected chi connectivity index (χ0v) is 17.7. The number of carbonyl (C=O) groups excluding carboxylic acids is 1. The van der Waals surface area contributed by atoms with E-state index in [1.165, 1.54) is 7.11 Å². The first kappa shape index (κ1) is 20.7. The van der Waals surface area contributed by atoms with Gasteiger partial charge >= 0.3 is 5.97 Å². The van der Waals surface area contributed by atoms with E-state index in [0.29, 0.717) is 28.7 Å². The van der Waals surface area contributed by atoms with Crippen LogP contribution in [0.5, 0.6) is 11.5 Å². The van der Waals surface area contributed by atoms with Crippen molar-refractivity contribution in [3.63, 3.8) is 0 Å². The zero-order chi connectivity index (χ0) is 21.1. The molecule has 1 aliphatic rings. The first-order chi connectivity index (χ1) is 13.9. The molecular formula is C22H24N2O4S. The van der Waals surface area contributed by atoms with Crippen LogP contribution in [0.25, 0.3) is 0 Å². The second-order valence-corrected chi connectivity index (χ2v) is 7.09. The number of aromatic hydroxyl groups is 1. The van der Waals surface area contributed by atoms with Crippen LogP contribution in [0.15, 0.2) is 53.7 Å². The summed E-state index contributed by atoms with van der Waals surface area (Å²) in [6.45, 7) is 6.10. The Morgan fingerprint density at radius 1 is 1.21 bits per heavy atom. The number of carbonyl (C=O) groups is 1. The minimum atomic E-state index is -0.531. The van der Waals surface area contributed by atoms with Crippen LogP contribution < -0.4 is 15.0 Å². The number of esters is 1. The van der Waals surface area contributed by atoms with Crippen molar-refractivity contribution in [2.45, 2.75) is 26.8 Å². The van der Waals surface area contributed by atoms with Crippen molar-refractivity contribution >= 4 is 29.0 Å². The van der Waals surface area contributed by atoms with E-state index in [1.807, 2.05) is 49.9 Å². The third-order valence-corrected chi connectivity index (χ3v) is 5.10. The number of hydrogen-bond acceptors (Lipinski definition) is 5. The minimum Gasteiger partial charge on any atom is -0.504 e. The number of anilines is 1. The monoisotopic (exact) mass is 412 g/mol. The van der Waals surface area contributed by atoms with Crippen molar-refractivity contribution in [2.75, 3.05) is 18.6 Å². The van der Waals surface area contributed by atoms with Crippen LogP contribution in [0.2, 0.25) is 0 Å². The number of ether oxygens (including phenoxy) is 2. The molecule has 0 fully saturated rings. The predicted molar refractivity (Wildman–Crippen MR) is 116 cm³/mol. The maximum atomic E-state index is 12.7. The molecule has 1 heterocycles. The summed E-state index contributed by atoms with van der Waals surface area (Å²) in [7, 11) is 1.35. The van der Waals surface area contributed by atoms with Gasteiger partial charge in [-0.2, -0.15) is 0 Å². The normalized spacial score (nSPS) is 16.5. The van der Waals surface area contributed by atoms with E-state index in [1.54, 1.807) is 18.2 Å². The van der Waals surface area contributed by atoms with Crippen molar-refractivity contribution < 1.29 is 19.4 Å². The van der Waals surface area contributed by atoms with E-state index in [-0.39, 0.29) is 5.75 Å². The molecular weight excluding hydrogens is 388 g/mol. The van der Waals surface area contributed by atoms with Gasteiger partial charge in [0.2, 0.25) is 0 Å². The van der Waals surface area contributed by atoms with Crippen LogP contribution in [0, 0.1) is 6.92 Å². The predicted octanol–water partition coefficient (Wildman–Crippen LogP) is 3.98. The average molecular weight is 413 g/mol. The summed E-state index contributed by atoms with van der Waals surface area (Å²) in [6.07, 6.45) is 0. The number of aryl methyl sites for hydroxylation is 1. The molecule has 29 heavy (non-hydrogen) atoms. The topological polar surface area (TPSA) is 71.0 Å². The number of nitrogens with one attached hydrogen (secondary N) is 1. The molecule has 0 aliphatic carbocycles. The van der Waals surface area contributed by atoms with Gasteiger partial charge in [0.05, 0.1) is 25.3 Å². The van der Waals surface area contributed by atoms with Crippen molar-refractivity contribution in [1.29, 1.82) is 0 Å². The van der Waals surface area contributed by atoms with Crippen LogP contribution in [-0.2, 0) is 9.53 Å². The molecule has 1 aliphatic heterocycles. The van der Waals surface area contributed by atoms with Gasteiger partial charge < -0.3 is 19.9 Å². The maximum Gasteiger partial charge on any atom is 0.337 e. The molecule has 0 saturated carbocycles. The highest BCUT2D eigenvalue weighted by Gasteiger charge is 2.35. The summed E-state index contributed by atoms with van der Waals surface area (Å²) in [5.74, 6) is -0.0678. The van der Waals surface area contributed by atoms with Crippen molar-refractivity contribution in [3.05, 3.63) is 64.9 Å². The molecule has 2 aromatic rings. The Labute approximate surface area is 175 Å². The number of methoxy groups -OCH3 is 1. The summed E-state index contributed by atoms with van der Waals surface area (Å²) in [5.41, 5.74) is 3.84. The van der Waals surface area contributed by atoms with Gasteiger partial charge in [-0.25, -0.2) is 4.79 Å². The summed E-state index contributed by atoms with van der Waals surface area (Å²) < 4.78 is 10.6. The molecule has 1 atom stereocenters. The van der Waals surface area contributed by atoms with E-state index in [9.17, 15) is 9.90 Å². The molecule has 0 aromatic heterocycles. The van der Waals surface area contributed by atoms with Crippen LogP contribution in [0.1, 0.15) is 31.0 Å². The highest BCUT2D eigenvalue weighted by molar-refractivity contribution is 7.80. The Hall–Kier alpha value is -3.06. The lowest BCUT2D eigenvalue weighted by Crippen LogP contribution is -2.48. The van der Waals surface area contributed by atoms with Gasteiger partial charge in [0.1, 0.15) is 0 Å². The van der Waals surface area contributed by atoms with Gasteiger partial charge in [-0.1, -0.05) is 23.8 Å². The third-order valence-electron chi connectivity index (χ3n) is 4.80. The van der Waals surface area contributed by atoms with E-state index in [4.69, 9.17) is 21.7 Å². The third kappa shape index (κ3) is 4.05. The van der Waals surface area contributed by atoms with Gasteiger partial charge in [0.15, 0.2) is 16.6 Å². The Bertz CT molecular complexity index is 969. The zero-order valence-electron chi connectivity index (χ0n) is 16.9. The molecule has 0 amide bonds. The highest BCUT2D eigenvalue weighted by Crippen LogP contribution is 2.37. The van der Waals surface area contributed by atoms with E-state index < -0.39 is 12.0 Å². The van der Waals surface area contributed by atoms with Crippen molar-refractivity contribution in [3.8, 4) is 11.5 Å². The van der Waals surface area contributed by atoms with E-state index in [0.717, 1.165) is 16.8 Å². The largest absolute Gasteiger partial charge is 0.504 e. The van der Waals surface area contributed by atoms with Gasteiger partial charge in [-0.15, -0.1) is 0 Å². The van der Waals surface area contributed by atoms with Gasteiger partial charge in [-0.05, 0) is 62.8 Å². The fourth-order valence-electron chi connectivity index (χ4n) is 3.35. The fraction of sp³-hybridized carbons (Fsp3) is 0.273. The number of phenols is 1. The Morgan fingerprint density at radius 3 is 2.52 bits per heavy atom. The molecule has 152 valence electrons. The van der Waals surface area contributed by atoms with E-state index >= 15 is 0 Å². The molecule has 0 bridgehead atoms. The summed E-state index contributed by atoms with van der Waals surface area (Å²) >= 11 is 5.63. The summed E-state index contributed by atoms with van der Waals surface area (Å²) in [5, 5.41) is 13.7. The van der Waals surface area contributed by atoms with Gasteiger partial charge in [0, 0.05) is 11.4 Å². The quantitative estimate of drug-likeness (QED) is 0.568. The first-order valence-corrected chi connectivity index (χ1v) is 9.70. The minimum absolute atomic E-state index is 0.0376. The molecule has 6 nitrogen and oxygen atoms in total. The van der Waals surface area contributed by atoms with E-state index in [2.05, 4.69) is 5.32 Å². The number of thiocarbonyl (C=S) groups is 1. The lowest BCUT2D eigenvalue weighted by Gasteiger charge is -2.37. The number of benzene rings is 2. The maximum absolute atomic E-state index is 12.7. The molecule has 3 rings (SSSR count). The SMILES string of the molecule is CCOc1cc(C2NC(=S)N(c3ccc(C)cc3)C(C)=C2C(=O)OC)ccc1O. The second-order valence-electron chi connectivity index (χ2n) is 6.70. The fourth-order valence-corrected chi connectivity index (χ4v) is 3.71. The van der Waals surface area contributed by atoms with Crippen LogP contribution in [-0.4, -0.2) is 29.9 Å².